The first-order valence-corrected chi connectivity index (χ1v) is 20.8. The lowest BCUT2D eigenvalue weighted by molar-refractivity contribution is 0.0206. The summed E-state index contributed by atoms with van der Waals surface area (Å²) < 4.78 is 14.4. The second-order valence-electron chi connectivity index (χ2n) is 13.8. The third kappa shape index (κ3) is 5.42. The minimum absolute atomic E-state index is 0.0992. The van der Waals surface area contributed by atoms with E-state index in [1.165, 1.54) is 35.1 Å². The fourth-order valence-corrected chi connectivity index (χ4v) is 12.7. The van der Waals surface area contributed by atoms with E-state index in [1.807, 2.05) is 36.4 Å². The molecule has 2 spiro atoms. The van der Waals surface area contributed by atoms with Gasteiger partial charge in [0.05, 0.1) is 9.75 Å². The van der Waals surface area contributed by atoms with Gasteiger partial charge in [0.1, 0.15) is 58.1 Å². The number of thiophene rings is 4. The number of nitrogens with zero attached hydrogens (tertiary/aromatic N) is 4. The zero-order valence-corrected chi connectivity index (χ0v) is 31.3. The normalized spacial score (nSPS) is 17.0. The third-order valence-electron chi connectivity index (χ3n) is 10.8. The second kappa shape index (κ2) is 12.9. The third-order valence-corrected chi connectivity index (χ3v) is 15.5. The van der Waals surface area contributed by atoms with Crippen LogP contribution in [0.1, 0.15) is 85.1 Å². The number of nitriles is 4. The molecule has 0 unspecified atom stereocenters. The van der Waals surface area contributed by atoms with Crippen molar-refractivity contribution in [2.45, 2.75) is 75.4 Å². The molecule has 5 aromatic rings. The van der Waals surface area contributed by atoms with E-state index in [9.17, 15) is 21.0 Å². The van der Waals surface area contributed by atoms with Gasteiger partial charge in [0.2, 0.25) is 0 Å². The van der Waals surface area contributed by atoms with Crippen molar-refractivity contribution >= 4 is 57.5 Å². The quantitative estimate of drug-likeness (QED) is 0.169. The van der Waals surface area contributed by atoms with Crippen molar-refractivity contribution in [3.05, 3.63) is 80.6 Å². The summed E-state index contributed by atoms with van der Waals surface area (Å²) in [4.78, 5) is 8.49. The molecule has 0 bridgehead atoms. The van der Waals surface area contributed by atoms with Crippen LogP contribution in [0.15, 0.2) is 59.7 Å². The molecule has 0 radical (unpaired) electrons. The van der Waals surface area contributed by atoms with Gasteiger partial charge in [0.25, 0.3) is 0 Å². The van der Waals surface area contributed by atoms with Gasteiger partial charge in [-0.05, 0) is 99.9 Å². The van der Waals surface area contributed by atoms with Gasteiger partial charge in [-0.25, -0.2) is 0 Å². The maximum absolute atomic E-state index is 9.28. The fourth-order valence-electron chi connectivity index (χ4n) is 8.36. The van der Waals surface area contributed by atoms with E-state index in [2.05, 4.69) is 36.4 Å². The van der Waals surface area contributed by atoms with Crippen LogP contribution in [-0.2, 0) is 11.2 Å². The lowest BCUT2D eigenvalue weighted by Gasteiger charge is -2.45. The highest BCUT2D eigenvalue weighted by Gasteiger charge is 2.48. The van der Waals surface area contributed by atoms with Crippen molar-refractivity contribution in [3.63, 3.8) is 0 Å². The van der Waals surface area contributed by atoms with Crippen molar-refractivity contribution in [2.75, 3.05) is 0 Å². The van der Waals surface area contributed by atoms with E-state index in [-0.39, 0.29) is 11.1 Å². The molecule has 0 atom stereocenters. The molecule has 6 heterocycles. The standard InChI is InChI=1S/C42H30N4O2S4/c43-21-25(22-44)15-27-7-9-35(49-27)37-19-33-39(51-37)29-18-32-30(17-31(29)41(47-33)11-3-1-4-12-41)40-34(48-42(32)13-5-2-6-14-42)20-38(52-40)36-10-8-28(50-36)16-26(23-45)24-46/h7-10,15-20H,1-6,11-14H2. The molecule has 2 fully saturated rings. The van der Waals surface area contributed by atoms with Crippen LogP contribution in [0.4, 0.5) is 0 Å². The average Bonchev–Trinajstić information content (AvgIpc) is 4.00. The first-order valence-electron chi connectivity index (χ1n) is 17.5. The van der Waals surface area contributed by atoms with Crippen LogP contribution in [0.2, 0.25) is 0 Å². The van der Waals surface area contributed by atoms with Crippen molar-refractivity contribution < 1.29 is 9.47 Å². The Balaban J connectivity index is 1.19. The van der Waals surface area contributed by atoms with Gasteiger partial charge in [0.15, 0.2) is 0 Å². The molecule has 0 saturated heterocycles. The van der Waals surface area contributed by atoms with Gasteiger partial charge < -0.3 is 9.47 Å². The van der Waals surface area contributed by atoms with Crippen molar-refractivity contribution in [1.29, 1.82) is 21.0 Å². The van der Waals surface area contributed by atoms with Gasteiger partial charge in [0, 0.05) is 63.6 Å². The molecule has 2 aliphatic heterocycles. The summed E-state index contributed by atoms with van der Waals surface area (Å²) in [5, 5.41) is 37.1. The monoisotopic (exact) mass is 750 g/mol. The number of hydrogen-bond donors (Lipinski definition) is 0. The van der Waals surface area contributed by atoms with Crippen LogP contribution in [0, 0.1) is 45.3 Å². The fraction of sp³-hybridized carbons (Fsp3) is 0.286. The van der Waals surface area contributed by atoms with Crippen LogP contribution < -0.4 is 9.47 Å². The summed E-state index contributed by atoms with van der Waals surface area (Å²) in [5.74, 6) is 1.89. The lowest BCUT2D eigenvalue weighted by Crippen LogP contribution is -2.40. The molecule has 4 aliphatic rings. The van der Waals surface area contributed by atoms with Gasteiger partial charge in [-0.3, -0.25) is 0 Å². The molecule has 52 heavy (non-hydrogen) atoms. The first-order chi connectivity index (χ1) is 25.4. The van der Waals surface area contributed by atoms with Crippen LogP contribution in [0.25, 0.3) is 52.5 Å². The summed E-state index contributed by atoms with van der Waals surface area (Å²) in [5.41, 5.74) is 4.51. The molecule has 9 rings (SSSR count). The molecule has 254 valence electrons. The van der Waals surface area contributed by atoms with Gasteiger partial charge >= 0.3 is 0 Å². The molecule has 10 heteroatoms. The van der Waals surface area contributed by atoms with E-state index in [4.69, 9.17) is 9.47 Å². The highest BCUT2D eigenvalue weighted by molar-refractivity contribution is 7.25. The summed E-state index contributed by atoms with van der Waals surface area (Å²) in [7, 11) is 0. The number of ether oxygens (including phenoxy) is 2. The van der Waals surface area contributed by atoms with Crippen LogP contribution in [0.5, 0.6) is 11.5 Å². The predicted octanol–water partition coefficient (Wildman–Crippen LogP) is 12.6. The molecule has 0 amide bonds. The smallest absolute Gasteiger partial charge is 0.139 e. The van der Waals surface area contributed by atoms with Crippen LogP contribution >= 0.6 is 45.3 Å². The summed E-state index contributed by atoms with van der Waals surface area (Å²) in [6, 6.07) is 25.3. The van der Waals surface area contributed by atoms with Gasteiger partial charge in [-0.2, -0.15) is 21.0 Å². The Bertz CT molecular complexity index is 2300. The van der Waals surface area contributed by atoms with E-state index < -0.39 is 11.2 Å². The highest BCUT2D eigenvalue weighted by Crippen LogP contribution is 2.61. The van der Waals surface area contributed by atoms with Gasteiger partial charge in [-0.15, -0.1) is 45.3 Å². The topological polar surface area (TPSA) is 114 Å². The maximum Gasteiger partial charge on any atom is 0.139 e. The minimum atomic E-state index is -0.391. The molecule has 6 nitrogen and oxygen atoms in total. The zero-order valence-electron chi connectivity index (χ0n) is 28.1. The zero-order chi connectivity index (χ0) is 35.5. The predicted molar refractivity (Wildman–Crippen MR) is 209 cm³/mol. The van der Waals surface area contributed by atoms with Gasteiger partial charge in [-0.1, -0.05) is 12.8 Å². The molecular formula is C42H30N4O2S4. The Morgan fingerprint density at radius 3 is 1.31 bits per heavy atom. The number of allylic oxidation sites excluding steroid dienone is 2. The molecule has 2 saturated carbocycles. The number of hydrogen-bond acceptors (Lipinski definition) is 10. The van der Waals surface area contributed by atoms with Crippen LogP contribution in [-0.4, -0.2) is 0 Å². The second-order valence-corrected chi connectivity index (χ2v) is 18.2. The Morgan fingerprint density at radius 1 is 0.519 bits per heavy atom. The first kappa shape index (κ1) is 32.9. The molecular weight excluding hydrogens is 721 g/mol. The maximum atomic E-state index is 9.28. The Labute approximate surface area is 318 Å². The minimum Gasteiger partial charge on any atom is -0.481 e. The lowest BCUT2D eigenvalue weighted by atomic mass is 9.71. The Hall–Kier alpha value is -4.94. The largest absolute Gasteiger partial charge is 0.481 e. The van der Waals surface area contributed by atoms with Crippen molar-refractivity contribution in [3.8, 4) is 76.2 Å². The number of rotatable bonds is 4. The molecule has 2 aliphatic carbocycles. The summed E-state index contributed by atoms with van der Waals surface area (Å²) >= 11 is 6.68. The van der Waals surface area contributed by atoms with E-state index in [0.29, 0.717) is 0 Å². The SMILES string of the molecule is N#CC(C#N)=Cc1ccc(-c2cc3c(s2)-c2cc4c(cc2C2(CCCCC2)O3)-c2sc(-c3ccc(C=C(C#N)C#N)s3)cc2OC42CCCCC2)s1. The van der Waals surface area contributed by atoms with Crippen molar-refractivity contribution in [2.24, 2.45) is 0 Å². The summed E-state index contributed by atoms with van der Waals surface area (Å²) in [6.45, 7) is 0. The van der Waals surface area contributed by atoms with Crippen molar-refractivity contribution in [1.82, 2.24) is 0 Å². The van der Waals surface area contributed by atoms with Crippen LogP contribution in [0.3, 0.4) is 0 Å². The number of benzene rings is 1. The number of fused-ring (bicyclic) bond motifs is 8. The molecule has 4 aromatic heterocycles. The molecule has 1 aromatic carbocycles. The Morgan fingerprint density at radius 2 is 0.923 bits per heavy atom. The van der Waals surface area contributed by atoms with E-state index in [0.717, 1.165) is 102 Å². The Kier molecular flexibility index (Phi) is 8.19. The average molecular weight is 751 g/mol. The van der Waals surface area contributed by atoms with E-state index in [1.54, 1.807) is 57.5 Å². The highest BCUT2D eigenvalue weighted by atomic mass is 32.1. The molecule has 0 N–H and O–H groups in total. The van der Waals surface area contributed by atoms with E-state index >= 15 is 0 Å². The summed E-state index contributed by atoms with van der Waals surface area (Å²) in [6.07, 6.45) is 14.1.